The number of hydrogen-bond donors (Lipinski definition) is 1. The molecule has 1 atom stereocenters. The van der Waals surface area contributed by atoms with Gasteiger partial charge >= 0.3 is 0 Å². The Morgan fingerprint density at radius 3 is 2.03 bits per heavy atom. The van der Waals surface area contributed by atoms with Crippen molar-refractivity contribution >= 4 is 23.6 Å². The number of thioether (sulfide) groups is 1. The minimum atomic E-state index is -0.527. The number of carbonyl (C=O) groups is 2. The molecular formula is C24H32N2O2S. The number of hydrogen-bond acceptors (Lipinski definition) is 3. The fourth-order valence-corrected chi connectivity index (χ4v) is 3.57. The van der Waals surface area contributed by atoms with E-state index in [1.54, 1.807) is 11.8 Å². The molecule has 0 fully saturated rings. The quantitative estimate of drug-likeness (QED) is 0.613. The van der Waals surface area contributed by atoms with Crippen molar-refractivity contribution in [1.29, 1.82) is 0 Å². The number of rotatable bonds is 9. The summed E-state index contributed by atoms with van der Waals surface area (Å²) in [4.78, 5) is 28.4. The molecule has 0 aliphatic heterocycles. The van der Waals surface area contributed by atoms with Crippen LogP contribution in [-0.4, -0.2) is 35.1 Å². The van der Waals surface area contributed by atoms with Crippen molar-refractivity contribution in [3.8, 4) is 0 Å². The van der Waals surface area contributed by atoms with Crippen LogP contribution in [0.1, 0.15) is 37.5 Å². The lowest BCUT2D eigenvalue weighted by atomic mass is 10.1. The average Bonchev–Trinajstić information content (AvgIpc) is 2.70. The number of aryl methyl sites for hydroxylation is 2. The summed E-state index contributed by atoms with van der Waals surface area (Å²) in [5.41, 5.74) is 3.38. The van der Waals surface area contributed by atoms with Gasteiger partial charge in [0.2, 0.25) is 11.8 Å². The number of carbonyl (C=O) groups excluding carboxylic acids is 2. The largest absolute Gasteiger partial charge is 0.354 e. The minimum absolute atomic E-state index is 0.0386. The average molecular weight is 413 g/mol. The third-order valence-corrected chi connectivity index (χ3v) is 5.71. The third kappa shape index (κ3) is 7.58. The number of amides is 2. The van der Waals surface area contributed by atoms with Crippen LogP contribution in [0.5, 0.6) is 0 Å². The van der Waals surface area contributed by atoms with Gasteiger partial charge in [0.1, 0.15) is 6.04 Å². The van der Waals surface area contributed by atoms with E-state index in [9.17, 15) is 9.59 Å². The highest BCUT2D eigenvalue weighted by atomic mass is 32.2. The van der Waals surface area contributed by atoms with E-state index >= 15 is 0 Å². The molecule has 29 heavy (non-hydrogen) atoms. The maximum absolute atomic E-state index is 13.1. The molecule has 2 rings (SSSR count). The van der Waals surface area contributed by atoms with Crippen LogP contribution >= 0.6 is 11.8 Å². The first kappa shape index (κ1) is 23.0. The molecule has 2 aromatic carbocycles. The summed E-state index contributed by atoms with van der Waals surface area (Å²) in [5.74, 6) is 0.517. The zero-order chi connectivity index (χ0) is 21.4. The lowest BCUT2D eigenvalue weighted by Crippen LogP contribution is -2.48. The highest BCUT2D eigenvalue weighted by Gasteiger charge is 2.26. The van der Waals surface area contributed by atoms with E-state index in [0.717, 1.165) is 10.5 Å². The van der Waals surface area contributed by atoms with Crippen molar-refractivity contribution in [3.63, 3.8) is 0 Å². The summed E-state index contributed by atoms with van der Waals surface area (Å²) in [5, 5.41) is 2.95. The molecule has 0 aromatic heterocycles. The molecule has 0 aliphatic rings. The van der Waals surface area contributed by atoms with Gasteiger partial charge < -0.3 is 10.2 Å². The van der Waals surface area contributed by atoms with Crippen LogP contribution in [0.4, 0.5) is 0 Å². The normalized spacial score (nSPS) is 11.9. The zero-order valence-electron chi connectivity index (χ0n) is 18.1. The first-order valence-electron chi connectivity index (χ1n) is 10.1. The minimum Gasteiger partial charge on any atom is -0.354 e. The van der Waals surface area contributed by atoms with Crippen LogP contribution in [-0.2, 0) is 16.1 Å². The number of nitrogens with zero attached hydrogens (tertiary/aromatic N) is 1. The van der Waals surface area contributed by atoms with E-state index in [-0.39, 0.29) is 11.8 Å². The molecule has 4 nitrogen and oxygen atoms in total. The fourth-order valence-electron chi connectivity index (χ4n) is 2.79. The molecule has 0 heterocycles. The molecular weight excluding hydrogens is 380 g/mol. The summed E-state index contributed by atoms with van der Waals surface area (Å²) in [6.07, 6.45) is 0. The maximum Gasteiger partial charge on any atom is 0.242 e. The van der Waals surface area contributed by atoms with E-state index in [4.69, 9.17) is 0 Å². The van der Waals surface area contributed by atoms with Crippen LogP contribution < -0.4 is 5.32 Å². The highest BCUT2D eigenvalue weighted by molar-refractivity contribution is 8.00. The molecule has 0 saturated heterocycles. The van der Waals surface area contributed by atoms with Crippen LogP contribution in [0, 0.1) is 19.8 Å². The summed E-state index contributed by atoms with van der Waals surface area (Å²) in [7, 11) is 0. The van der Waals surface area contributed by atoms with Crippen LogP contribution in [0.25, 0.3) is 0 Å². The predicted octanol–water partition coefficient (Wildman–Crippen LogP) is 4.59. The van der Waals surface area contributed by atoms with Crippen molar-refractivity contribution < 1.29 is 9.59 Å². The standard InChI is InChI=1S/C24H32N2O2S/c1-17(2)14-25-24(28)20(5)26(15-21-10-6-18(3)7-11-21)23(27)16-29-22-12-8-19(4)9-13-22/h6-13,17,20H,14-16H2,1-5H3,(H,25,28)/t20-/m1/s1. The monoisotopic (exact) mass is 412 g/mol. The van der Waals surface area contributed by atoms with E-state index in [0.29, 0.717) is 24.8 Å². The van der Waals surface area contributed by atoms with Crippen molar-refractivity contribution in [2.24, 2.45) is 5.92 Å². The zero-order valence-corrected chi connectivity index (χ0v) is 18.9. The third-order valence-electron chi connectivity index (χ3n) is 4.71. The molecule has 5 heteroatoms. The van der Waals surface area contributed by atoms with Gasteiger partial charge in [-0.2, -0.15) is 0 Å². The Labute approximate surface area is 179 Å². The molecule has 2 aromatic rings. The molecule has 156 valence electrons. The van der Waals surface area contributed by atoms with Crippen molar-refractivity contribution in [2.75, 3.05) is 12.3 Å². The Balaban J connectivity index is 2.10. The predicted molar refractivity (Wildman–Crippen MR) is 121 cm³/mol. The summed E-state index contributed by atoms with van der Waals surface area (Å²) in [6.45, 7) is 11.0. The van der Waals surface area contributed by atoms with Crippen LogP contribution in [0.2, 0.25) is 0 Å². The Bertz CT molecular complexity index is 801. The highest BCUT2D eigenvalue weighted by Crippen LogP contribution is 2.20. The van der Waals surface area contributed by atoms with Gasteiger partial charge in [0.25, 0.3) is 0 Å². The molecule has 0 saturated carbocycles. The lowest BCUT2D eigenvalue weighted by molar-refractivity contribution is -0.138. The molecule has 1 N–H and O–H groups in total. The summed E-state index contributed by atoms with van der Waals surface area (Å²) >= 11 is 1.50. The maximum atomic E-state index is 13.1. The van der Waals surface area contributed by atoms with E-state index in [2.05, 4.69) is 19.2 Å². The molecule has 0 radical (unpaired) electrons. The smallest absolute Gasteiger partial charge is 0.242 e. The van der Waals surface area contributed by atoms with E-state index in [1.165, 1.54) is 22.9 Å². The van der Waals surface area contributed by atoms with Crippen molar-refractivity contribution in [2.45, 2.75) is 52.1 Å². The number of nitrogens with one attached hydrogen (secondary N) is 1. The Morgan fingerprint density at radius 2 is 1.48 bits per heavy atom. The van der Waals surface area contributed by atoms with Gasteiger partial charge in [0.05, 0.1) is 5.75 Å². The first-order chi connectivity index (χ1) is 13.8. The van der Waals surface area contributed by atoms with Gasteiger partial charge in [-0.25, -0.2) is 0 Å². The summed E-state index contributed by atoms with van der Waals surface area (Å²) < 4.78 is 0. The molecule has 0 spiro atoms. The Morgan fingerprint density at radius 1 is 0.931 bits per heavy atom. The molecule has 0 unspecified atom stereocenters. The van der Waals surface area contributed by atoms with Crippen molar-refractivity contribution in [1.82, 2.24) is 10.2 Å². The Kier molecular flexibility index (Phi) is 8.77. The van der Waals surface area contributed by atoms with E-state index in [1.807, 2.05) is 62.4 Å². The topological polar surface area (TPSA) is 49.4 Å². The Hall–Kier alpha value is -2.27. The summed E-state index contributed by atoms with van der Waals surface area (Å²) in [6, 6.07) is 15.7. The second kappa shape index (κ2) is 11.1. The van der Waals surface area contributed by atoms with Gasteiger partial charge in [0, 0.05) is 18.0 Å². The molecule has 2 amide bonds. The molecule has 0 bridgehead atoms. The first-order valence-corrected chi connectivity index (χ1v) is 11.1. The van der Waals surface area contributed by atoms with Gasteiger partial charge in [-0.3, -0.25) is 9.59 Å². The van der Waals surface area contributed by atoms with Crippen LogP contribution in [0.15, 0.2) is 53.4 Å². The lowest BCUT2D eigenvalue weighted by Gasteiger charge is -2.29. The fraction of sp³-hybridized carbons (Fsp3) is 0.417. The van der Waals surface area contributed by atoms with Crippen LogP contribution in [0.3, 0.4) is 0 Å². The van der Waals surface area contributed by atoms with Gasteiger partial charge in [-0.15, -0.1) is 11.8 Å². The van der Waals surface area contributed by atoms with Gasteiger partial charge in [-0.1, -0.05) is 61.4 Å². The SMILES string of the molecule is Cc1ccc(CN(C(=O)CSc2ccc(C)cc2)[C@H](C)C(=O)NCC(C)C)cc1. The number of benzene rings is 2. The second-order valence-electron chi connectivity index (χ2n) is 7.92. The molecule has 0 aliphatic carbocycles. The second-order valence-corrected chi connectivity index (χ2v) is 8.97. The van der Waals surface area contributed by atoms with Gasteiger partial charge in [0.15, 0.2) is 0 Å². The van der Waals surface area contributed by atoms with Gasteiger partial charge in [-0.05, 0) is 44.4 Å². The van der Waals surface area contributed by atoms with Crippen molar-refractivity contribution in [3.05, 3.63) is 65.2 Å². The van der Waals surface area contributed by atoms with E-state index < -0.39 is 6.04 Å².